The van der Waals surface area contributed by atoms with E-state index in [1.165, 1.54) is 6.20 Å². The number of amides is 2. The van der Waals surface area contributed by atoms with Crippen LogP contribution < -0.4 is 21.7 Å². The van der Waals surface area contributed by atoms with Crippen LogP contribution in [0.15, 0.2) is 6.20 Å². The fraction of sp³-hybridized carbons (Fsp3) is 0.625. The topological polar surface area (TPSA) is 122 Å². The minimum Gasteiger partial charge on any atom is -0.367 e. The van der Waals surface area contributed by atoms with E-state index in [0.29, 0.717) is 11.8 Å². The van der Waals surface area contributed by atoms with Crippen LogP contribution in [0.25, 0.3) is 0 Å². The summed E-state index contributed by atoms with van der Waals surface area (Å²) in [6.07, 6.45) is 5.16. The van der Waals surface area contributed by atoms with Gasteiger partial charge in [0.15, 0.2) is 0 Å². The second kappa shape index (κ2) is 7.94. The Kier molecular flexibility index (Phi) is 5.94. The number of carbonyl (C=O) groups excluding carboxylic acids is 2. The maximum absolute atomic E-state index is 11.5. The van der Waals surface area contributed by atoms with Gasteiger partial charge in [-0.25, -0.2) is 4.98 Å². The highest BCUT2D eigenvalue weighted by molar-refractivity contribution is 5.97. The van der Waals surface area contributed by atoms with Gasteiger partial charge in [0.25, 0.3) is 5.91 Å². The van der Waals surface area contributed by atoms with Crippen molar-refractivity contribution >= 4 is 23.6 Å². The number of nitrogens with two attached hydrogens (primary N) is 1. The van der Waals surface area contributed by atoms with E-state index in [0.717, 1.165) is 25.7 Å². The number of nitrogens with zero attached hydrogens (tertiary/aromatic N) is 2. The van der Waals surface area contributed by atoms with Crippen LogP contribution in [-0.4, -0.2) is 39.9 Å². The van der Waals surface area contributed by atoms with Crippen molar-refractivity contribution in [1.82, 2.24) is 15.3 Å². The molecule has 0 spiro atoms. The highest BCUT2D eigenvalue weighted by Crippen LogP contribution is 2.22. The predicted molar refractivity (Wildman–Crippen MR) is 92.8 cm³/mol. The Morgan fingerprint density at radius 2 is 1.83 bits per heavy atom. The molecule has 0 aliphatic heterocycles. The zero-order valence-electron chi connectivity index (χ0n) is 14.4. The van der Waals surface area contributed by atoms with Gasteiger partial charge < -0.3 is 21.7 Å². The summed E-state index contributed by atoms with van der Waals surface area (Å²) in [6, 6.07) is 0.622. The molecule has 0 atom stereocenters. The Bertz CT molecular complexity index is 596. The Hall–Kier alpha value is -2.38. The molecule has 1 fully saturated rings. The summed E-state index contributed by atoms with van der Waals surface area (Å²) in [5.41, 5.74) is 5.65. The molecule has 0 aromatic carbocycles. The van der Waals surface area contributed by atoms with E-state index in [2.05, 4.69) is 25.9 Å². The van der Waals surface area contributed by atoms with Crippen LogP contribution in [-0.2, 0) is 4.79 Å². The lowest BCUT2D eigenvalue weighted by Gasteiger charge is -2.29. The Labute approximate surface area is 142 Å². The number of hydrogen-bond donors (Lipinski definition) is 4. The molecule has 2 amide bonds. The third-order valence-corrected chi connectivity index (χ3v) is 3.95. The molecular weight excluding hydrogens is 308 g/mol. The summed E-state index contributed by atoms with van der Waals surface area (Å²) >= 11 is 0. The molecule has 0 bridgehead atoms. The zero-order valence-corrected chi connectivity index (χ0v) is 14.4. The first-order chi connectivity index (χ1) is 11.3. The van der Waals surface area contributed by atoms with E-state index in [-0.39, 0.29) is 29.6 Å². The van der Waals surface area contributed by atoms with E-state index >= 15 is 0 Å². The van der Waals surface area contributed by atoms with Crippen molar-refractivity contribution in [2.45, 2.75) is 64.6 Å². The van der Waals surface area contributed by atoms with E-state index in [1.54, 1.807) is 6.92 Å². The SMILES string of the molecule is CC(=O)N[C@H]1CC[C@H](Nc2ncc(C(N)=O)c(NC(C)C)n2)CC1. The first kappa shape index (κ1) is 18.0. The lowest BCUT2D eigenvalue weighted by molar-refractivity contribution is -0.119. The number of carbonyl (C=O) groups is 2. The predicted octanol–water partition coefficient (Wildman–Crippen LogP) is 1.25. The molecular formula is C16H26N6O2. The molecule has 1 saturated carbocycles. The molecule has 5 N–H and O–H groups in total. The zero-order chi connectivity index (χ0) is 17.7. The number of aromatic nitrogens is 2. The van der Waals surface area contributed by atoms with Crippen LogP contribution in [0.1, 0.15) is 56.8 Å². The summed E-state index contributed by atoms with van der Waals surface area (Å²) in [5.74, 6) is 0.384. The third-order valence-electron chi connectivity index (χ3n) is 3.95. The average Bonchev–Trinajstić information content (AvgIpc) is 2.48. The molecule has 0 radical (unpaired) electrons. The van der Waals surface area contributed by atoms with Crippen molar-refractivity contribution in [1.29, 1.82) is 0 Å². The van der Waals surface area contributed by atoms with E-state index in [4.69, 9.17) is 5.73 Å². The third kappa shape index (κ3) is 5.07. The maximum atomic E-state index is 11.5. The number of primary amides is 1. The van der Waals surface area contributed by atoms with Crippen molar-refractivity contribution in [3.63, 3.8) is 0 Å². The van der Waals surface area contributed by atoms with Crippen molar-refractivity contribution in [2.75, 3.05) is 10.6 Å². The lowest BCUT2D eigenvalue weighted by atomic mass is 9.91. The van der Waals surface area contributed by atoms with Crippen molar-refractivity contribution in [3.8, 4) is 0 Å². The van der Waals surface area contributed by atoms with Gasteiger partial charge in [0.1, 0.15) is 5.82 Å². The van der Waals surface area contributed by atoms with Crippen LogP contribution >= 0.6 is 0 Å². The van der Waals surface area contributed by atoms with Gasteiger partial charge in [0.2, 0.25) is 11.9 Å². The highest BCUT2D eigenvalue weighted by atomic mass is 16.1. The molecule has 1 heterocycles. The average molecular weight is 334 g/mol. The molecule has 1 aromatic heterocycles. The van der Waals surface area contributed by atoms with E-state index in [1.807, 2.05) is 13.8 Å². The molecule has 0 saturated heterocycles. The fourth-order valence-corrected chi connectivity index (χ4v) is 2.87. The summed E-state index contributed by atoms with van der Waals surface area (Å²) in [4.78, 5) is 31.2. The van der Waals surface area contributed by atoms with Crippen molar-refractivity contribution in [3.05, 3.63) is 11.8 Å². The first-order valence-electron chi connectivity index (χ1n) is 8.32. The smallest absolute Gasteiger partial charge is 0.254 e. The summed E-state index contributed by atoms with van der Waals surface area (Å²) < 4.78 is 0. The molecule has 132 valence electrons. The van der Waals surface area contributed by atoms with Crippen LogP contribution in [0.2, 0.25) is 0 Å². The quantitative estimate of drug-likeness (QED) is 0.621. The summed E-state index contributed by atoms with van der Waals surface area (Å²) in [7, 11) is 0. The molecule has 0 unspecified atom stereocenters. The Morgan fingerprint density at radius 1 is 1.21 bits per heavy atom. The van der Waals surface area contributed by atoms with Crippen molar-refractivity contribution in [2.24, 2.45) is 5.73 Å². The maximum Gasteiger partial charge on any atom is 0.254 e. The summed E-state index contributed by atoms with van der Waals surface area (Å²) in [5, 5.41) is 9.39. The molecule has 8 heteroatoms. The van der Waals surface area contributed by atoms with Gasteiger partial charge in [-0.3, -0.25) is 9.59 Å². The number of nitrogens with one attached hydrogen (secondary N) is 3. The van der Waals surface area contributed by atoms with Gasteiger partial charge in [-0.1, -0.05) is 0 Å². The molecule has 1 aliphatic rings. The minimum absolute atomic E-state index is 0.0150. The number of hydrogen-bond acceptors (Lipinski definition) is 6. The normalized spacial score (nSPS) is 20.5. The van der Waals surface area contributed by atoms with E-state index in [9.17, 15) is 9.59 Å². The highest BCUT2D eigenvalue weighted by Gasteiger charge is 2.22. The number of anilines is 2. The number of rotatable bonds is 6. The van der Waals surface area contributed by atoms with Crippen LogP contribution in [0.5, 0.6) is 0 Å². The molecule has 2 rings (SSSR count). The van der Waals surface area contributed by atoms with Crippen LogP contribution in [0, 0.1) is 0 Å². The summed E-state index contributed by atoms with van der Waals surface area (Å²) in [6.45, 7) is 5.47. The molecule has 1 aliphatic carbocycles. The Balaban J connectivity index is 2.00. The second-order valence-corrected chi connectivity index (χ2v) is 6.51. The molecule has 8 nitrogen and oxygen atoms in total. The molecule has 1 aromatic rings. The second-order valence-electron chi connectivity index (χ2n) is 6.51. The van der Waals surface area contributed by atoms with Gasteiger partial charge >= 0.3 is 0 Å². The van der Waals surface area contributed by atoms with E-state index < -0.39 is 5.91 Å². The van der Waals surface area contributed by atoms with Crippen LogP contribution in [0.3, 0.4) is 0 Å². The van der Waals surface area contributed by atoms with Gasteiger partial charge in [-0.05, 0) is 39.5 Å². The fourth-order valence-electron chi connectivity index (χ4n) is 2.87. The van der Waals surface area contributed by atoms with Gasteiger partial charge in [0.05, 0.1) is 5.56 Å². The largest absolute Gasteiger partial charge is 0.367 e. The Morgan fingerprint density at radius 3 is 2.38 bits per heavy atom. The van der Waals surface area contributed by atoms with Gasteiger partial charge in [-0.2, -0.15) is 4.98 Å². The van der Waals surface area contributed by atoms with Crippen LogP contribution in [0.4, 0.5) is 11.8 Å². The minimum atomic E-state index is -0.555. The monoisotopic (exact) mass is 334 g/mol. The lowest BCUT2D eigenvalue weighted by Crippen LogP contribution is -2.39. The van der Waals surface area contributed by atoms with Gasteiger partial charge in [-0.15, -0.1) is 0 Å². The van der Waals surface area contributed by atoms with Gasteiger partial charge in [0, 0.05) is 31.2 Å². The molecule has 24 heavy (non-hydrogen) atoms. The first-order valence-corrected chi connectivity index (χ1v) is 8.32. The van der Waals surface area contributed by atoms with Crippen molar-refractivity contribution < 1.29 is 9.59 Å². The standard InChI is InChI=1S/C16H26N6O2/c1-9(2)19-15-13(14(17)24)8-18-16(22-15)21-12-6-4-11(5-7-12)20-10(3)23/h8-9,11-12H,4-7H2,1-3H3,(H2,17,24)(H,20,23)(H2,18,19,21,22)/t11-,12-.